The highest BCUT2D eigenvalue weighted by atomic mass is 32.1. The first-order valence-corrected chi connectivity index (χ1v) is 13.2. The van der Waals surface area contributed by atoms with Crippen molar-refractivity contribution in [1.82, 2.24) is 5.32 Å². The third kappa shape index (κ3) is 6.84. The molecule has 218 valence electrons. The molecule has 5 rings (SSSR count). The van der Waals surface area contributed by atoms with Gasteiger partial charge in [0.05, 0.1) is 18.4 Å². The molecule has 1 fully saturated rings. The number of alkyl halides is 3. The number of halogens is 3. The fourth-order valence-electron chi connectivity index (χ4n) is 4.27. The van der Waals surface area contributed by atoms with Crippen LogP contribution in [-0.4, -0.2) is 24.0 Å². The number of nitrogens with zero attached hydrogens (tertiary/aromatic N) is 1. The van der Waals surface area contributed by atoms with Gasteiger partial charge in [-0.3, -0.25) is 19.8 Å². The van der Waals surface area contributed by atoms with Crippen molar-refractivity contribution in [2.24, 2.45) is 0 Å². The highest BCUT2D eigenvalue weighted by Crippen LogP contribution is 2.32. The molecule has 1 saturated heterocycles. The standard InChI is InChI=1S/C32H23F3N2O5S/c1-40-28-15-10-20(16-21(28)19-41-26-9-5-6-22(18-26)32(33,34)35)17-27-29(38)36-31(43)37(30(27)39)23-11-13-25(14-12-23)42-24-7-3-2-4-8-24/h2-18H,19H2,1H3,(H,36,38,43). The van der Waals surface area contributed by atoms with E-state index >= 15 is 0 Å². The molecule has 0 aromatic heterocycles. The molecule has 4 aromatic carbocycles. The highest BCUT2D eigenvalue weighted by Gasteiger charge is 2.34. The summed E-state index contributed by atoms with van der Waals surface area (Å²) in [4.78, 5) is 27.5. The van der Waals surface area contributed by atoms with Gasteiger partial charge in [-0.2, -0.15) is 13.2 Å². The number of carbonyl (C=O) groups excluding carboxylic acids is 2. The molecule has 0 bridgehead atoms. The van der Waals surface area contributed by atoms with E-state index in [9.17, 15) is 22.8 Å². The molecule has 1 aliphatic rings. The van der Waals surface area contributed by atoms with E-state index < -0.39 is 23.6 Å². The van der Waals surface area contributed by atoms with Crippen LogP contribution in [0.1, 0.15) is 16.7 Å². The summed E-state index contributed by atoms with van der Waals surface area (Å²) in [5.74, 6) is 0.316. The number of amides is 2. The summed E-state index contributed by atoms with van der Waals surface area (Å²) in [6.07, 6.45) is -3.11. The summed E-state index contributed by atoms with van der Waals surface area (Å²) in [5, 5.41) is 2.47. The van der Waals surface area contributed by atoms with Crippen molar-refractivity contribution in [3.8, 4) is 23.0 Å². The molecule has 0 saturated carbocycles. The van der Waals surface area contributed by atoms with Crippen LogP contribution in [0.2, 0.25) is 0 Å². The SMILES string of the molecule is COc1ccc(C=C2C(=O)NC(=S)N(c3ccc(Oc4ccccc4)cc3)C2=O)cc1COc1cccc(C(F)(F)F)c1. The van der Waals surface area contributed by atoms with E-state index in [0.717, 1.165) is 12.1 Å². The van der Waals surface area contributed by atoms with E-state index in [0.29, 0.717) is 34.1 Å². The Morgan fingerprint density at radius 2 is 1.56 bits per heavy atom. The van der Waals surface area contributed by atoms with Gasteiger partial charge in [-0.1, -0.05) is 30.3 Å². The minimum atomic E-state index is -4.51. The lowest BCUT2D eigenvalue weighted by Crippen LogP contribution is -2.54. The number of para-hydroxylation sites is 1. The molecule has 7 nitrogen and oxygen atoms in total. The van der Waals surface area contributed by atoms with Crippen LogP contribution in [0.3, 0.4) is 0 Å². The van der Waals surface area contributed by atoms with E-state index in [1.54, 1.807) is 42.5 Å². The number of thiocarbonyl (C=S) groups is 1. The first-order chi connectivity index (χ1) is 20.6. The number of benzene rings is 4. The maximum atomic E-state index is 13.5. The zero-order valence-electron chi connectivity index (χ0n) is 22.6. The van der Waals surface area contributed by atoms with Gasteiger partial charge < -0.3 is 14.2 Å². The van der Waals surface area contributed by atoms with Gasteiger partial charge in [0.15, 0.2) is 5.11 Å². The molecule has 4 aromatic rings. The molecule has 1 heterocycles. The van der Waals surface area contributed by atoms with Crippen molar-refractivity contribution >= 4 is 40.9 Å². The lowest BCUT2D eigenvalue weighted by Gasteiger charge is -2.29. The summed E-state index contributed by atoms with van der Waals surface area (Å²) in [7, 11) is 1.44. The van der Waals surface area contributed by atoms with Gasteiger partial charge >= 0.3 is 6.18 Å². The summed E-state index contributed by atoms with van der Waals surface area (Å²) in [6.45, 7) is -0.130. The Morgan fingerprint density at radius 1 is 0.860 bits per heavy atom. The molecule has 1 aliphatic heterocycles. The lowest BCUT2D eigenvalue weighted by atomic mass is 10.0. The quantitative estimate of drug-likeness (QED) is 0.134. The minimum Gasteiger partial charge on any atom is -0.496 e. The molecule has 0 unspecified atom stereocenters. The van der Waals surface area contributed by atoms with E-state index in [4.69, 9.17) is 26.4 Å². The summed E-state index contributed by atoms with van der Waals surface area (Å²) >= 11 is 5.30. The van der Waals surface area contributed by atoms with Gasteiger partial charge in [-0.25, -0.2) is 0 Å². The van der Waals surface area contributed by atoms with Crippen LogP contribution in [-0.2, 0) is 22.4 Å². The van der Waals surface area contributed by atoms with Gasteiger partial charge in [-0.15, -0.1) is 0 Å². The van der Waals surface area contributed by atoms with Gasteiger partial charge in [0, 0.05) is 5.56 Å². The van der Waals surface area contributed by atoms with Crippen LogP contribution in [0.5, 0.6) is 23.0 Å². The Bertz CT molecular complexity index is 1710. The number of carbonyl (C=O) groups is 2. The molecule has 0 spiro atoms. The maximum absolute atomic E-state index is 13.5. The van der Waals surface area contributed by atoms with E-state index in [2.05, 4.69) is 5.32 Å². The number of hydrogen-bond acceptors (Lipinski definition) is 6. The predicted octanol–water partition coefficient (Wildman–Crippen LogP) is 6.92. The smallest absolute Gasteiger partial charge is 0.416 e. The second-order valence-electron chi connectivity index (χ2n) is 9.25. The van der Waals surface area contributed by atoms with Crippen molar-refractivity contribution in [3.63, 3.8) is 0 Å². The van der Waals surface area contributed by atoms with E-state index in [1.807, 2.05) is 30.3 Å². The van der Waals surface area contributed by atoms with Crippen molar-refractivity contribution in [3.05, 3.63) is 119 Å². The van der Waals surface area contributed by atoms with Crippen LogP contribution >= 0.6 is 12.2 Å². The van der Waals surface area contributed by atoms with Crippen LogP contribution in [0.15, 0.2) is 103 Å². The Hall–Kier alpha value is -5.16. The lowest BCUT2D eigenvalue weighted by molar-refractivity contribution is -0.137. The summed E-state index contributed by atoms with van der Waals surface area (Å²) in [5.41, 5.74) is 0.359. The molecule has 11 heteroatoms. The fourth-order valence-corrected chi connectivity index (χ4v) is 4.55. The second kappa shape index (κ2) is 12.4. The van der Waals surface area contributed by atoms with Crippen molar-refractivity contribution < 1.29 is 37.0 Å². The third-order valence-corrected chi connectivity index (χ3v) is 6.63. The molecule has 1 N–H and O–H groups in total. The Morgan fingerprint density at radius 3 is 2.26 bits per heavy atom. The summed E-state index contributed by atoms with van der Waals surface area (Å²) < 4.78 is 56.0. The normalized spacial score (nSPS) is 14.5. The number of hydrogen-bond donors (Lipinski definition) is 1. The monoisotopic (exact) mass is 604 g/mol. The molecular formula is C32H23F3N2O5S. The predicted molar refractivity (Wildman–Crippen MR) is 158 cm³/mol. The number of anilines is 1. The number of methoxy groups -OCH3 is 1. The van der Waals surface area contributed by atoms with Crippen molar-refractivity contribution in [1.29, 1.82) is 0 Å². The zero-order valence-corrected chi connectivity index (χ0v) is 23.4. The molecule has 0 atom stereocenters. The number of nitrogens with one attached hydrogen (secondary N) is 1. The first-order valence-electron chi connectivity index (χ1n) is 12.8. The largest absolute Gasteiger partial charge is 0.496 e. The topological polar surface area (TPSA) is 77.1 Å². The molecule has 2 amide bonds. The number of ether oxygens (including phenoxy) is 3. The Labute approximate surface area is 250 Å². The highest BCUT2D eigenvalue weighted by molar-refractivity contribution is 7.80. The maximum Gasteiger partial charge on any atom is 0.416 e. The van der Waals surface area contributed by atoms with Crippen LogP contribution in [0.4, 0.5) is 18.9 Å². The molecular weight excluding hydrogens is 581 g/mol. The minimum absolute atomic E-state index is 0.0202. The zero-order chi connectivity index (χ0) is 30.6. The Kier molecular flexibility index (Phi) is 8.44. The van der Waals surface area contributed by atoms with Gasteiger partial charge in [-0.05, 0) is 90.6 Å². The first kappa shape index (κ1) is 29.3. The third-order valence-electron chi connectivity index (χ3n) is 6.35. The average Bonchev–Trinajstić information content (AvgIpc) is 2.99. The van der Waals surface area contributed by atoms with E-state index in [1.165, 1.54) is 30.2 Å². The molecule has 43 heavy (non-hydrogen) atoms. The second-order valence-corrected chi connectivity index (χ2v) is 9.64. The van der Waals surface area contributed by atoms with E-state index in [-0.39, 0.29) is 23.0 Å². The van der Waals surface area contributed by atoms with Gasteiger partial charge in [0.25, 0.3) is 11.8 Å². The summed E-state index contributed by atoms with van der Waals surface area (Å²) in [6, 6.07) is 25.2. The average molecular weight is 605 g/mol. The van der Waals surface area contributed by atoms with Crippen molar-refractivity contribution in [2.45, 2.75) is 12.8 Å². The van der Waals surface area contributed by atoms with Crippen LogP contribution < -0.4 is 24.4 Å². The van der Waals surface area contributed by atoms with Crippen LogP contribution in [0.25, 0.3) is 6.08 Å². The van der Waals surface area contributed by atoms with Gasteiger partial charge in [0.2, 0.25) is 0 Å². The molecule has 0 radical (unpaired) electrons. The number of rotatable bonds is 8. The molecule has 0 aliphatic carbocycles. The van der Waals surface area contributed by atoms with Crippen molar-refractivity contribution in [2.75, 3.05) is 12.0 Å². The Balaban J connectivity index is 1.36. The fraction of sp³-hybridized carbons (Fsp3) is 0.0938. The van der Waals surface area contributed by atoms with Gasteiger partial charge in [0.1, 0.15) is 35.2 Å². The van der Waals surface area contributed by atoms with Crippen LogP contribution in [0, 0.1) is 0 Å².